The first-order valence-electron chi connectivity index (χ1n) is 10.9. The third kappa shape index (κ3) is 2.92. The fourth-order valence-corrected chi connectivity index (χ4v) is 5.36. The maximum absolute atomic E-state index is 13.1. The van der Waals surface area contributed by atoms with Crippen LogP contribution in [0.5, 0.6) is 0 Å². The molecule has 1 aliphatic carbocycles. The number of likely N-dealkylation sites (N-methyl/N-ethyl adjacent to an activating group) is 1. The molecule has 0 aromatic heterocycles. The van der Waals surface area contributed by atoms with Crippen LogP contribution in [-0.2, 0) is 20.0 Å². The van der Waals surface area contributed by atoms with E-state index in [4.69, 9.17) is 0 Å². The minimum Gasteiger partial charge on any atom is -0.375 e. The number of amides is 3. The molecule has 1 N–H and O–H groups in total. The van der Waals surface area contributed by atoms with Gasteiger partial charge in [0.2, 0.25) is 11.8 Å². The molecule has 2 fully saturated rings. The molecule has 1 saturated carbocycles. The Bertz CT molecular complexity index is 1130. The minimum absolute atomic E-state index is 0.204. The van der Waals surface area contributed by atoms with Gasteiger partial charge in [-0.3, -0.25) is 24.1 Å². The summed E-state index contributed by atoms with van der Waals surface area (Å²) in [6.45, 7) is 0. The molecule has 2 aliphatic heterocycles. The summed E-state index contributed by atoms with van der Waals surface area (Å²) >= 11 is 0. The number of hydrogen-bond acceptors (Lipinski definition) is 5. The molecule has 0 spiro atoms. The number of hydrogen-bond donors (Lipinski definition) is 1. The van der Waals surface area contributed by atoms with Crippen molar-refractivity contribution >= 4 is 34.9 Å². The molecule has 2 heterocycles. The summed E-state index contributed by atoms with van der Waals surface area (Å²) in [4.78, 5) is 54.3. The van der Waals surface area contributed by atoms with Crippen molar-refractivity contribution in [3.63, 3.8) is 0 Å². The Morgan fingerprint density at radius 3 is 2.34 bits per heavy atom. The molecule has 2 aromatic carbocycles. The van der Waals surface area contributed by atoms with Gasteiger partial charge in [-0.1, -0.05) is 43.2 Å². The lowest BCUT2D eigenvalue weighted by atomic mass is 9.81. The molecular weight excluding hydrogens is 408 g/mol. The summed E-state index contributed by atoms with van der Waals surface area (Å²) in [7, 11) is 1.56. The van der Waals surface area contributed by atoms with Gasteiger partial charge in [0.25, 0.3) is 5.91 Å². The molecule has 1 saturated heterocycles. The summed E-state index contributed by atoms with van der Waals surface area (Å²) in [6, 6.07) is 13.2. The number of imide groups is 1. The van der Waals surface area contributed by atoms with E-state index < -0.39 is 23.7 Å². The van der Waals surface area contributed by atoms with Gasteiger partial charge in [0.1, 0.15) is 0 Å². The van der Waals surface area contributed by atoms with Crippen molar-refractivity contribution in [2.75, 3.05) is 16.8 Å². The first kappa shape index (κ1) is 20.6. The van der Waals surface area contributed by atoms with Gasteiger partial charge in [0.15, 0.2) is 11.4 Å². The van der Waals surface area contributed by atoms with Crippen LogP contribution in [0.1, 0.15) is 48.0 Å². The Labute approximate surface area is 185 Å². The lowest BCUT2D eigenvalue weighted by Crippen LogP contribution is -2.40. The number of aliphatic hydroxyl groups is 1. The highest BCUT2D eigenvalue weighted by atomic mass is 16.3. The van der Waals surface area contributed by atoms with E-state index in [-0.39, 0.29) is 29.2 Å². The van der Waals surface area contributed by atoms with Gasteiger partial charge in [-0.25, -0.2) is 0 Å². The Kier molecular flexibility index (Phi) is 4.74. The normalized spacial score (nSPS) is 27.0. The van der Waals surface area contributed by atoms with Gasteiger partial charge in [0, 0.05) is 18.2 Å². The number of carbonyl (C=O) groups is 4. The van der Waals surface area contributed by atoms with E-state index in [0.29, 0.717) is 29.8 Å². The van der Waals surface area contributed by atoms with Crippen molar-refractivity contribution in [1.82, 2.24) is 0 Å². The van der Waals surface area contributed by atoms with Crippen molar-refractivity contribution in [2.24, 2.45) is 11.8 Å². The molecule has 0 radical (unpaired) electrons. The number of anilines is 2. The summed E-state index contributed by atoms with van der Waals surface area (Å²) in [5.74, 6) is -1.96. The predicted molar refractivity (Wildman–Crippen MR) is 117 cm³/mol. The van der Waals surface area contributed by atoms with Crippen LogP contribution < -0.4 is 9.80 Å². The molecule has 3 amide bonds. The number of para-hydroxylation sites is 1. The highest BCUT2D eigenvalue weighted by molar-refractivity contribution is 6.22. The molecule has 0 unspecified atom stereocenters. The Balaban J connectivity index is 1.43. The second-order valence-corrected chi connectivity index (χ2v) is 8.90. The highest BCUT2D eigenvalue weighted by Gasteiger charge is 2.50. The van der Waals surface area contributed by atoms with Gasteiger partial charge in [-0.05, 0) is 31.0 Å². The number of nitrogens with zero attached hydrogens (tertiary/aromatic N) is 2. The van der Waals surface area contributed by atoms with Crippen LogP contribution >= 0.6 is 0 Å². The number of rotatable bonds is 4. The molecule has 7 nitrogen and oxygen atoms in total. The molecule has 2 aromatic rings. The number of fused-ring (bicyclic) bond motifs is 2. The minimum atomic E-state index is -1.95. The standard InChI is InChI=1S/C25H24N2O5/c1-26-20-12-5-4-11-19(20)25(32,24(26)31)14-21(28)15-7-6-8-16(13-15)27-22(29)17-9-2-3-10-18(17)23(27)30/h4-8,11-13,17-18,32H,2-3,9-10,14H2,1H3/t17-,18+,25-/m0/s1. The van der Waals surface area contributed by atoms with E-state index in [9.17, 15) is 24.3 Å². The Morgan fingerprint density at radius 1 is 1.00 bits per heavy atom. The number of Topliss-reactive ketones (excluding diaryl/α,β-unsaturated/α-hetero) is 1. The topological polar surface area (TPSA) is 95.0 Å². The quantitative estimate of drug-likeness (QED) is 0.592. The van der Waals surface area contributed by atoms with E-state index in [1.54, 1.807) is 49.5 Å². The van der Waals surface area contributed by atoms with E-state index in [0.717, 1.165) is 12.8 Å². The molecule has 3 atom stereocenters. The zero-order chi connectivity index (χ0) is 22.6. The Morgan fingerprint density at radius 2 is 1.66 bits per heavy atom. The van der Waals surface area contributed by atoms with Crippen LogP contribution in [0.2, 0.25) is 0 Å². The fourth-order valence-electron chi connectivity index (χ4n) is 5.36. The maximum atomic E-state index is 13.1. The predicted octanol–water partition coefficient (Wildman–Crippen LogP) is 2.80. The van der Waals surface area contributed by atoms with Crippen LogP contribution in [0.25, 0.3) is 0 Å². The summed E-state index contributed by atoms with van der Waals surface area (Å²) < 4.78 is 0. The van der Waals surface area contributed by atoms with Crippen LogP contribution in [-0.4, -0.2) is 35.7 Å². The highest BCUT2D eigenvalue weighted by Crippen LogP contribution is 2.43. The van der Waals surface area contributed by atoms with Gasteiger partial charge in [-0.2, -0.15) is 0 Å². The fraction of sp³-hybridized carbons (Fsp3) is 0.360. The lowest BCUT2D eigenvalue weighted by Gasteiger charge is -2.21. The van der Waals surface area contributed by atoms with E-state index in [1.165, 1.54) is 15.9 Å². The second-order valence-electron chi connectivity index (χ2n) is 8.90. The summed E-state index contributed by atoms with van der Waals surface area (Å²) in [5.41, 5.74) is -0.385. The van der Waals surface area contributed by atoms with Crippen molar-refractivity contribution in [3.8, 4) is 0 Å². The van der Waals surface area contributed by atoms with Gasteiger partial charge in [-0.15, -0.1) is 0 Å². The van der Waals surface area contributed by atoms with E-state index in [2.05, 4.69) is 0 Å². The van der Waals surface area contributed by atoms with Crippen LogP contribution in [0.3, 0.4) is 0 Å². The zero-order valence-corrected chi connectivity index (χ0v) is 17.8. The third-order valence-corrected chi connectivity index (χ3v) is 7.05. The smallest absolute Gasteiger partial charge is 0.263 e. The van der Waals surface area contributed by atoms with Gasteiger partial charge < -0.3 is 10.0 Å². The van der Waals surface area contributed by atoms with Crippen molar-refractivity contribution < 1.29 is 24.3 Å². The van der Waals surface area contributed by atoms with Crippen LogP contribution in [0.4, 0.5) is 11.4 Å². The maximum Gasteiger partial charge on any atom is 0.263 e. The lowest BCUT2D eigenvalue weighted by molar-refractivity contribution is -0.135. The monoisotopic (exact) mass is 432 g/mol. The molecule has 0 bridgehead atoms. The SMILES string of the molecule is CN1C(=O)[C@](O)(CC(=O)c2cccc(N3C(=O)[C@H]4CCCC[C@H]4C3=O)c2)c2ccccc21. The first-order chi connectivity index (χ1) is 15.3. The summed E-state index contributed by atoms with van der Waals surface area (Å²) in [6.07, 6.45) is 2.88. The Hall–Kier alpha value is -3.32. The van der Waals surface area contributed by atoms with Crippen molar-refractivity contribution in [2.45, 2.75) is 37.7 Å². The summed E-state index contributed by atoms with van der Waals surface area (Å²) in [5, 5.41) is 11.2. The molecule has 3 aliphatic rings. The van der Waals surface area contributed by atoms with Crippen molar-refractivity contribution in [3.05, 3.63) is 59.7 Å². The molecular formula is C25H24N2O5. The molecule has 164 valence electrons. The van der Waals surface area contributed by atoms with Crippen LogP contribution in [0, 0.1) is 11.8 Å². The number of carbonyl (C=O) groups excluding carboxylic acids is 4. The third-order valence-electron chi connectivity index (χ3n) is 7.05. The molecule has 32 heavy (non-hydrogen) atoms. The molecule has 5 rings (SSSR count). The van der Waals surface area contributed by atoms with Crippen molar-refractivity contribution in [1.29, 1.82) is 0 Å². The average Bonchev–Trinajstić information content (AvgIpc) is 3.17. The average molecular weight is 432 g/mol. The van der Waals surface area contributed by atoms with Gasteiger partial charge in [0.05, 0.1) is 29.6 Å². The molecule has 7 heteroatoms. The van der Waals surface area contributed by atoms with Crippen LogP contribution in [0.15, 0.2) is 48.5 Å². The second kappa shape index (κ2) is 7.38. The van der Waals surface area contributed by atoms with E-state index >= 15 is 0 Å². The van der Waals surface area contributed by atoms with Gasteiger partial charge >= 0.3 is 0 Å². The number of benzene rings is 2. The zero-order valence-electron chi connectivity index (χ0n) is 17.8. The largest absolute Gasteiger partial charge is 0.375 e. The van der Waals surface area contributed by atoms with E-state index in [1.807, 2.05) is 0 Å². The number of ketones is 1. The first-order valence-corrected chi connectivity index (χ1v) is 10.9.